The van der Waals surface area contributed by atoms with Crippen LogP contribution in [0.3, 0.4) is 0 Å². The van der Waals surface area contributed by atoms with Gasteiger partial charge in [-0.05, 0) is 64.8 Å². The zero-order valence-corrected chi connectivity index (χ0v) is 24.7. The van der Waals surface area contributed by atoms with Gasteiger partial charge in [-0.25, -0.2) is 0 Å². The number of carbonyl (C=O) groups is 3. The molecule has 8 heteroatoms. The molecule has 3 aromatic rings. The molecule has 0 bridgehead atoms. The van der Waals surface area contributed by atoms with E-state index in [9.17, 15) is 19.5 Å². The molecular weight excluding hydrogens is 559 g/mol. The Morgan fingerprint density at radius 2 is 1.54 bits per heavy atom. The maximum Gasteiger partial charge on any atom is 0.303 e. The number of carbonyl (C=O) groups excluding carboxylic acids is 2. The summed E-state index contributed by atoms with van der Waals surface area (Å²) in [6, 6.07) is 19.9. The Bertz CT molecular complexity index is 1520. The Balaban J connectivity index is 1.67. The minimum atomic E-state index is -1.06. The van der Waals surface area contributed by atoms with Crippen LogP contribution in [0.2, 0.25) is 10.0 Å². The lowest BCUT2D eigenvalue weighted by atomic mass is 9.71. The molecule has 1 saturated carbocycles. The quantitative estimate of drug-likeness (QED) is 0.325. The maximum absolute atomic E-state index is 14.1. The number of benzene rings is 3. The van der Waals surface area contributed by atoms with Crippen LogP contribution in [0.1, 0.15) is 75.1 Å². The van der Waals surface area contributed by atoms with Crippen LogP contribution in [-0.2, 0) is 19.8 Å². The molecule has 3 aromatic carbocycles. The molecule has 1 heterocycles. The number of hydrogen-bond acceptors (Lipinski definition) is 4. The first-order chi connectivity index (χ1) is 19.4. The number of nitrogens with zero attached hydrogens (tertiary/aromatic N) is 2. The third-order valence-electron chi connectivity index (χ3n) is 7.95. The van der Waals surface area contributed by atoms with Crippen molar-refractivity contribution in [2.45, 2.75) is 63.8 Å². The molecule has 41 heavy (non-hydrogen) atoms. The highest BCUT2D eigenvalue weighted by Crippen LogP contribution is 2.48. The summed E-state index contributed by atoms with van der Waals surface area (Å²) in [5.41, 5.74) is 4.51. The van der Waals surface area contributed by atoms with Gasteiger partial charge in [0.05, 0.1) is 29.8 Å². The Hall–Kier alpha value is -3.48. The van der Waals surface area contributed by atoms with Crippen molar-refractivity contribution in [3.05, 3.63) is 93.5 Å². The molecule has 5 rings (SSSR count). The minimum Gasteiger partial charge on any atom is -0.481 e. The molecule has 6 nitrogen and oxygen atoms in total. The van der Waals surface area contributed by atoms with Crippen LogP contribution in [0.5, 0.6) is 0 Å². The first-order valence-corrected chi connectivity index (χ1v) is 14.5. The molecule has 1 aliphatic carbocycles. The number of carboxylic acid groups (broad SMARTS) is 1. The van der Waals surface area contributed by atoms with Crippen LogP contribution in [0.4, 0.5) is 11.4 Å². The molecule has 0 spiro atoms. The van der Waals surface area contributed by atoms with Gasteiger partial charge in [0.2, 0.25) is 5.91 Å². The van der Waals surface area contributed by atoms with Gasteiger partial charge in [-0.1, -0.05) is 80.4 Å². The Labute approximate surface area is 250 Å². The van der Waals surface area contributed by atoms with Gasteiger partial charge in [0.1, 0.15) is 5.78 Å². The molecule has 1 aliphatic heterocycles. The van der Waals surface area contributed by atoms with Gasteiger partial charge in [0.15, 0.2) is 0 Å². The standard InChI is InChI=1S/C33H32Cl2N2O4/c1-33(2,3)22-8-4-20(5-9-22)32-31-26(16-21(17-28(31)38)19-6-10-23(34)11-7-19)36-25-18-24(35)12-13-27(25)37(32)29(39)14-15-30(40)41/h4-13,18,21,31-32H,14-17H2,1-3H3,(H,40,41). The lowest BCUT2D eigenvalue weighted by molar-refractivity contribution is -0.138. The summed E-state index contributed by atoms with van der Waals surface area (Å²) in [4.78, 5) is 46.0. The van der Waals surface area contributed by atoms with Gasteiger partial charge in [-0.3, -0.25) is 19.4 Å². The van der Waals surface area contributed by atoms with Crippen LogP contribution >= 0.6 is 23.2 Å². The average molecular weight is 592 g/mol. The summed E-state index contributed by atoms with van der Waals surface area (Å²) >= 11 is 12.5. The second-order valence-electron chi connectivity index (χ2n) is 11.8. The molecule has 2 aliphatic rings. The summed E-state index contributed by atoms with van der Waals surface area (Å²) in [7, 11) is 0. The van der Waals surface area contributed by atoms with E-state index in [2.05, 4.69) is 20.8 Å². The van der Waals surface area contributed by atoms with Crippen LogP contribution in [0, 0.1) is 5.92 Å². The third-order valence-corrected chi connectivity index (χ3v) is 8.43. The highest BCUT2D eigenvalue weighted by Gasteiger charge is 2.46. The third kappa shape index (κ3) is 6.09. The number of hydrogen-bond donors (Lipinski definition) is 1. The van der Waals surface area contributed by atoms with Crippen molar-refractivity contribution in [1.29, 1.82) is 0 Å². The van der Waals surface area contributed by atoms with E-state index in [1.165, 1.54) is 0 Å². The number of fused-ring (bicyclic) bond motifs is 2. The molecule has 0 radical (unpaired) electrons. The first-order valence-electron chi connectivity index (χ1n) is 13.7. The second-order valence-corrected chi connectivity index (χ2v) is 12.7. The van der Waals surface area contributed by atoms with E-state index in [-0.39, 0.29) is 42.3 Å². The first kappa shape index (κ1) is 29.0. The number of anilines is 1. The molecule has 212 valence electrons. The number of halogens is 2. The number of rotatable bonds is 5. The van der Waals surface area contributed by atoms with E-state index in [1.54, 1.807) is 23.1 Å². The number of ketones is 1. The fourth-order valence-corrected chi connectivity index (χ4v) is 6.13. The predicted molar refractivity (Wildman–Crippen MR) is 163 cm³/mol. The van der Waals surface area contributed by atoms with Gasteiger partial charge in [0.25, 0.3) is 0 Å². The minimum absolute atomic E-state index is 0.0187. The molecule has 1 N–H and O–H groups in total. The van der Waals surface area contributed by atoms with Gasteiger partial charge in [0, 0.05) is 28.6 Å². The summed E-state index contributed by atoms with van der Waals surface area (Å²) in [5.74, 6) is -2.25. The maximum atomic E-state index is 14.1. The predicted octanol–water partition coefficient (Wildman–Crippen LogP) is 8.08. The topological polar surface area (TPSA) is 87.0 Å². The molecular formula is C33H32Cl2N2O4. The summed E-state index contributed by atoms with van der Waals surface area (Å²) < 4.78 is 0. The lowest BCUT2D eigenvalue weighted by Crippen LogP contribution is -2.45. The van der Waals surface area contributed by atoms with Crippen LogP contribution in [0.25, 0.3) is 0 Å². The number of aliphatic imine (C=N–C) groups is 1. The highest BCUT2D eigenvalue weighted by molar-refractivity contribution is 6.31. The molecule has 0 aromatic heterocycles. The average Bonchev–Trinajstić information content (AvgIpc) is 3.06. The van der Waals surface area contributed by atoms with Crippen molar-refractivity contribution in [3.8, 4) is 0 Å². The summed E-state index contributed by atoms with van der Waals surface area (Å²) in [6.07, 6.45) is 0.282. The van der Waals surface area contributed by atoms with Crippen molar-refractivity contribution in [3.63, 3.8) is 0 Å². The van der Waals surface area contributed by atoms with Gasteiger partial charge >= 0.3 is 5.97 Å². The number of aliphatic carboxylic acids is 1. The fraction of sp³-hybridized carbons (Fsp3) is 0.333. The summed E-state index contributed by atoms with van der Waals surface area (Å²) in [5, 5.41) is 10.4. The second kappa shape index (κ2) is 11.4. The zero-order valence-electron chi connectivity index (χ0n) is 23.2. The van der Waals surface area contributed by atoms with Crippen LogP contribution in [-0.4, -0.2) is 28.5 Å². The number of Topliss-reactive ketones (excluding diaryl/α,β-unsaturated/α-hetero) is 1. The fourth-order valence-electron chi connectivity index (χ4n) is 5.84. The Kier molecular flexibility index (Phi) is 8.09. The van der Waals surface area contributed by atoms with Crippen molar-refractivity contribution < 1.29 is 19.5 Å². The normalized spacial score (nSPS) is 20.5. The van der Waals surface area contributed by atoms with E-state index >= 15 is 0 Å². The highest BCUT2D eigenvalue weighted by atomic mass is 35.5. The molecule has 3 unspecified atom stereocenters. The Morgan fingerprint density at radius 3 is 2.17 bits per heavy atom. The monoisotopic (exact) mass is 590 g/mol. The van der Waals surface area contributed by atoms with E-state index in [0.29, 0.717) is 33.6 Å². The van der Waals surface area contributed by atoms with Crippen molar-refractivity contribution in [2.75, 3.05) is 4.90 Å². The SMILES string of the molecule is CC(C)(C)c1ccc(C2C3C(=O)CC(c4ccc(Cl)cc4)CC3=Nc3cc(Cl)ccc3N2C(=O)CCC(=O)O)cc1. The molecule has 0 saturated heterocycles. The van der Waals surface area contributed by atoms with Crippen LogP contribution in [0.15, 0.2) is 71.7 Å². The number of carboxylic acids is 1. The van der Waals surface area contributed by atoms with E-state index < -0.39 is 17.9 Å². The van der Waals surface area contributed by atoms with E-state index in [4.69, 9.17) is 28.2 Å². The smallest absolute Gasteiger partial charge is 0.303 e. The van der Waals surface area contributed by atoms with Crippen molar-refractivity contribution in [2.24, 2.45) is 10.9 Å². The van der Waals surface area contributed by atoms with Gasteiger partial charge in [-0.15, -0.1) is 0 Å². The van der Waals surface area contributed by atoms with Gasteiger partial charge in [-0.2, -0.15) is 0 Å². The largest absolute Gasteiger partial charge is 0.481 e. The lowest BCUT2D eigenvalue weighted by Gasteiger charge is -2.39. The zero-order chi connectivity index (χ0) is 29.5. The molecule has 1 amide bonds. The number of amides is 1. The van der Waals surface area contributed by atoms with Crippen molar-refractivity contribution >= 4 is 57.9 Å². The van der Waals surface area contributed by atoms with Crippen molar-refractivity contribution in [1.82, 2.24) is 0 Å². The molecule has 1 fully saturated rings. The van der Waals surface area contributed by atoms with Crippen LogP contribution < -0.4 is 4.90 Å². The molecule has 3 atom stereocenters. The Morgan fingerprint density at radius 1 is 0.902 bits per heavy atom. The summed E-state index contributed by atoms with van der Waals surface area (Å²) in [6.45, 7) is 6.38. The van der Waals surface area contributed by atoms with E-state index in [0.717, 1.165) is 16.7 Å². The van der Waals surface area contributed by atoms with Gasteiger partial charge < -0.3 is 10.0 Å². The van der Waals surface area contributed by atoms with E-state index in [1.807, 2.05) is 48.5 Å².